The van der Waals surface area contributed by atoms with Gasteiger partial charge in [-0.15, -0.1) is 0 Å². The number of anilines is 1. The van der Waals surface area contributed by atoms with Crippen LogP contribution >= 0.6 is 0 Å². The molecule has 0 amide bonds. The van der Waals surface area contributed by atoms with Crippen molar-refractivity contribution in [2.75, 3.05) is 38.1 Å². The molecule has 0 saturated carbocycles. The van der Waals surface area contributed by atoms with Gasteiger partial charge in [-0.25, -0.2) is 4.98 Å². The van der Waals surface area contributed by atoms with Crippen LogP contribution in [0.15, 0.2) is 47.1 Å². The average molecular weight is 390 g/mol. The second kappa shape index (κ2) is 8.29. The van der Waals surface area contributed by atoms with Crippen molar-refractivity contribution in [1.82, 2.24) is 20.0 Å². The maximum atomic E-state index is 9.21. The van der Waals surface area contributed by atoms with Crippen LogP contribution in [0, 0.1) is 11.3 Å². The number of hydrogen-bond donors (Lipinski definition) is 0. The maximum absolute atomic E-state index is 9.21. The Labute approximate surface area is 169 Å². The lowest BCUT2D eigenvalue weighted by Gasteiger charge is -2.33. The second-order valence-electron chi connectivity index (χ2n) is 7.02. The zero-order chi connectivity index (χ0) is 20.2. The van der Waals surface area contributed by atoms with E-state index in [1.54, 1.807) is 24.4 Å². The van der Waals surface area contributed by atoms with Gasteiger partial charge in [-0.05, 0) is 38.2 Å². The number of pyridine rings is 1. The minimum atomic E-state index is -0.482. The van der Waals surface area contributed by atoms with Crippen molar-refractivity contribution in [1.29, 1.82) is 5.26 Å². The lowest BCUT2D eigenvalue weighted by atomic mass is 10.2. The molecule has 1 saturated heterocycles. The van der Waals surface area contributed by atoms with Crippen LogP contribution in [0.3, 0.4) is 0 Å². The van der Waals surface area contributed by atoms with Crippen molar-refractivity contribution >= 4 is 5.82 Å². The molecule has 0 bridgehead atoms. The molecule has 8 heteroatoms. The van der Waals surface area contributed by atoms with E-state index in [-0.39, 0.29) is 0 Å². The Balaban J connectivity index is 1.50. The van der Waals surface area contributed by atoms with Crippen molar-refractivity contribution in [3.63, 3.8) is 0 Å². The Bertz CT molecular complexity index is 1020. The van der Waals surface area contributed by atoms with Gasteiger partial charge in [0, 0.05) is 37.9 Å². The number of hydrogen-bond acceptors (Lipinski definition) is 8. The summed E-state index contributed by atoms with van der Waals surface area (Å²) in [5.41, 5.74) is 1.30. The van der Waals surface area contributed by atoms with Gasteiger partial charge in [-0.3, -0.25) is 0 Å². The highest BCUT2D eigenvalue weighted by molar-refractivity contribution is 5.59. The van der Waals surface area contributed by atoms with Crippen LogP contribution < -0.4 is 9.64 Å². The van der Waals surface area contributed by atoms with Crippen LogP contribution in [0.5, 0.6) is 5.75 Å². The van der Waals surface area contributed by atoms with E-state index in [0.29, 0.717) is 23.0 Å². The topological polar surface area (TPSA) is 91.3 Å². The summed E-state index contributed by atoms with van der Waals surface area (Å²) in [6.07, 6.45) is 1.28. The third kappa shape index (κ3) is 4.20. The average Bonchev–Trinajstić information content (AvgIpc) is 3.25. The SMILES string of the molecule is CC(Oc1ccccc1C#N)c1nc(-c2ccnc(N3CCN(C)CC3)c2)no1. The van der Waals surface area contributed by atoms with Gasteiger partial charge in [0.1, 0.15) is 17.6 Å². The molecule has 29 heavy (non-hydrogen) atoms. The molecule has 148 valence electrons. The summed E-state index contributed by atoms with van der Waals surface area (Å²) in [6, 6.07) is 13.0. The quantitative estimate of drug-likeness (QED) is 0.657. The predicted molar refractivity (Wildman–Crippen MR) is 107 cm³/mol. The van der Waals surface area contributed by atoms with Gasteiger partial charge in [0.25, 0.3) is 5.89 Å². The van der Waals surface area contributed by atoms with Gasteiger partial charge in [0.05, 0.1) is 5.56 Å². The monoisotopic (exact) mass is 390 g/mol. The molecular weight excluding hydrogens is 368 g/mol. The Hall–Kier alpha value is -3.44. The Morgan fingerprint density at radius 2 is 1.97 bits per heavy atom. The summed E-state index contributed by atoms with van der Waals surface area (Å²) < 4.78 is 11.3. The van der Waals surface area contributed by atoms with Gasteiger partial charge in [-0.2, -0.15) is 10.2 Å². The number of nitriles is 1. The molecule has 1 atom stereocenters. The third-order valence-electron chi connectivity index (χ3n) is 4.93. The van der Waals surface area contributed by atoms with Crippen LogP contribution in [0.25, 0.3) is 11.4 Å². The molecular formula is C21H22N6O2. The molecule has 0 N–H and O–H groups in total. The van der Waals surface area contributed by atoms with Crippen molar-refractivity contribution in [3.05, 3.63) is 54.0 Å². The smallest absolute Gasteiger partial charge is 0.267 e. The fourth-order valence-electron chi connectivity index (χ4n) is 3.19. The minimum absolute atomic E-state index is 0.353. The highest BCUT2D eigenvalue weighted by Gasteiger charge is 2.20. The normalized spacial score (nSPS) is 15.7. The summed E-state index contributed by atoms with van der Waals surface area (Å²) in [6.45, 7) is 5.71. The largest absolute Gasteiger partial charge is 0.479 e. The molecule has 1 aliphatic heterocycles. The van der Waals surface area contributed by atoms with Crippen LogP contribution in [0.4, 0.5) is 5.82 Å². The molecule has 4 rings (SSSR count). The standard InChI is InChI=1S/C21H22N6O2/c1-15(28-18-6-4-3-5-17(18)14-22)21-24-20(25-29-21)16-7-8-23-19(13-16)27-11-9-26(2)10-12-27/h3-8,13,15H,9-12H2,1-2H3. The number of benzene rings is 1. The molecule has 1 aromatic carbocycles. The zero-order valence-electron chi connectivity index (χ0n) is 16.4. The first-order valence-corrected chi connectivity index (χ1v) is 9.53. The number of ether oxygens (including phenoxy) is 1. The van der Waals surface area contributed by atoms with Crippen LogP contribution in [0.2, 0.25) is 0 Å². The minimum Gasteiger partial charge on any atom is -0.479 e. The van der Waals surface area contributed by atoms with Crippen molar-refractivity contribution in [3.8, 4) is 23.2 Å². The van der Waals surface area contributed by atoms with Gasteiger partial charge >= 0.3 is 0 Å². The fraction of sp³-hybridized carbons (Fsp3) is 0.333. The maximum Gasteiger partial charge on any atom is 0.267 e. The third-order valence-corrected chi connectivity index (χ3v) is 4.93. The van der Waals surface area contributed by atoms with Gasteiger partial charge in [0.2, 0.25) is 5.82 Å². The Morgan fingerprint density at radius 1 is 1.17 bits per heavy atom. The Morgan fingerprint density at radius 3 is 2.76 bits per heavy atom. The predicted octanol–water partition coefficient (Wildman–Crippen LogP) is 2.90. The van der Waals surface area contributed by atoms with Crippen LogP contribution in [0.1, 0.15) is 24.5 Å². The molecule has 1 unspecified atom stereocenters. The molecule has 1 aliphatic rings. The van der Waals surface area contributed by atoms with E-state index in [2.05, 4.69) is 38.0 Å². The fourth-order valence-corrected chi connectivity index (χ4v) is 3.19. The van der Waals surface area contributed by atoms with Gasteiger partial charge in [-0.1, -0.05) is 17.3 Å². The number of likely N-dealkylation sites (N-methyl/N-ethyl adjacent to an activating group) is 1. The zero-order valence-corrected chi connectivity index (χ0v) is 16.4. The molecule has 8 nitrogen and oxygen atoms in total. The van der Waals surface area contributed by atoms with E-state index in [0.717, 1.165) is 37.6 Å². The lowest BCUT2D eigenvalue weighted by molar-refractivity contribution is 0.175. The first-order valence-electron chi connectivity index (χ1n) is 9.53. The summed E-state index contributed by atoms with van der Waals surface area (Å²) >= 11 is 0. The second-order valence-corrected chi connectivity index (χ2v) is 7.02. The van der Waals surface area contributed by atoms with Gasteiger partial charge < -0.3 is 19.1 Å². The number of para-hydroxylation sites is 1. The lowest BCUT2D eigenvalue weighted by Crippen LogP contribution is -2.44. The highest BCUT2D eigenvalue weighted by Crippen LogP contribution is 2.26. The van der Waals surface area contributed by atoms with E-state index >= 15 is 0 Å². The Kier molecular flexibility index (Phi) is 5.40. The van der Waals surface area contributed by atoms with Crippen LogP contribution in [-0.2, 0) is 0 Å². The van der Waals surface area contributed by atoms with Gasteiger partial charge in [0.15, 0.2) is 6.10 Å². The first-order chi connectivity index (χ1) is 14.1. The van der Waals surface area contributed by atoms with E-state index in [1.165, 1.54) is 0 Å². The van der Waals surface area contributed by atoms with E-state index < -0.39 is 6.10 Å². The molecule has 0 aliphatic carbocycles. The van der Waals surface area contributed by atoms with Crippen molar-refractivity contribution < 1.29 is 9.26 Å². The van der Waals surface area contributed by atoms with Crippen molar-refractivity contribution in [2.45, 2.75) is 13.0 Å². The van der Waals surface area contributed by atoms with E-state index in [1.807, 2.05) is 25.1 Å². The molecule has 3 heterocycles. The van der Waals surface area contributed by atoms with Crippen molar-refractivity contribution in [2.24, 2.45) is 0 Å². The summed E-state index contributed by atoms with van der Waals surface area (Å²) in [7, 11) is 2.13. The highest BCUT2D eigenvalue weighted by atomic mass is 16.5. The summed E-state index contributed by atoms with van der Waals surface area (Å²) in [4.78, 5) is 13.5. The van der Waals surface area contributed by atoms with E-state index in [9.17, 15) is 5.26 Å². The summed E-state index contributed by atoms with van der Waals surface area (Å²) in [5, 5.41) is 13.3. The molecule has 0 radical (unpaired) electrons. The number of aromatic nitrogens is 3. The first kappa shape index (κ1) is 18.9. The number of nitrogens with zero attached hydrogens (tertiary/aromatic N) is 6. The molecule has 3 aromatic rings. The van der Waals surface area contributed by atoms with E-state index in [4.69, 9.17) is 9.26 Å². The van der Waals surface area contributed by atoms with Crippen LogP contribution in [-0.4, -0.2) is 53.3 Å². The summed E-state index contributed by atoms with van der Waals surface area (Å²) in [5.74, 6) is 2.24. The number of rotatable bonds is 5. The molecule has 1 fully saturated rings. The number of piperazine rings is 1. The molecule has 0 spiro atoms. The molecule has 2 aromatic heterocycles.